The van der Waals surface area contributed by atoms with Crippen molar-refractivity contribution < 1.29 is 47.9 Å². The smallest absolute Gasteiger partial charge is 0.504 e. The van der Waals surface area contributed by atoms with Crippen LogP contribution >= 0.6 is 0 Å². The molecule has 0 spiro atoms. The van der Waals surface area contributed by atoms with Gasteiger partial charge in [0.05, 0.1) is 24.8 Å². The van der Waals surface area contributed by atoms with Crippen LogP contribution in [0.1, 0.15) is 66.2 Å². The third-order valence-electron chi connectivity index (χ3n) is 9.97. The zero-order valence-corrected chi connectivity index (χ0v) is 30.2. The Balaban J connectivity index is 1.54. The molecule has 1 amide bonds. The number of methoxy groups -OCH3 is 1. The predicted octanol–water partition coefficient (Wildman–Crippen LogP) is 4.97. The molecule has 4 heterocycles. The lowest BCUT2D eigenvalue weighted by Crippen LogP contribution is -2.68. The zero-order chi connectivity index (χ0) is 36.8. The fraction of sp³-hybridized carbons (Fsp3) is 0.541. The monoisotopic (exact) mass is 706 g/mol. The molecule has 4 aliphatic rings. The molecule has 0 saturated carbocycles. The standard InChI is InChI=1S/C37H46N4O10/c1-9-10-46-36(44)51-31-20(3)32-34(50-18-49-32)28-22(31)13-24-29-27-21(11-19(2)30(42)33(27)48-17-45-8)12-23(40(29)7)25(14-38)41(24)26(28)15-39-35(43)47-16-37(4,5)6/h9,11,23-26,29,42H,1,10,12-13,15-18H2,2-8H3,(H,39,43)/t23-,24?,25+,26+,29-/m1/s1. The zero-order valence-electron chi connectivity index (χ0n) is 30.2. The van der Waals surface area contributed by atoms with Gasteiger partial charge in [0.1, 0.15) is 18.4 Å². The number of alkyl carbamates (subject to hydrolysis) is 1. The Morgan fingerprint density at radius 1 is 1.14 bits per heavy atom. The molecule has 4 aliphatic heterocycles. The number of benzene rings is 2. The number of hydrogen-bond acceptors (Lipinski definition) is 13. The summed E-state index contributed by atoms with van der Waals surface area (Å²) in [4.78, 5) is 30.4. The van der Waals surface area contributed by atoms with Gasteiger partial charge in [0.25, 0.3) is 0 Å². The van der Waals surface area contributed by atoms with Crippen molar-refractivity contribution in [1.29, 1.82) is 5.26 Å². The highest BCUT2D eigenvalue weighted by atomic mass is 16.7. The van der Waals surface area contributed by atoms with Gasteiger partial charge in [-0.05, 0) is 50.3 Å². The van der Waals surface area contributed by atoms with Crippen LogP contribution in [0, 0.1) is 30.6 Å². The fourth-order valence-electron chi connectivity index (χ4n) is 7.91. The van der Waals surface area contributed by atoms with E-state index in [2.05, 4.69) is 27.8 Å². The van der Waals surface area contributed by atoms with E-state index in [1.807, 2.05) is 40.8 Å². The number of likely N-dealkylation sites (N-methyl/N-ethyl adjacent to an activating group) is 1. The first kappa shape index (κ1) is 36.1. The molecule has 0 aromatic heterocycles. The molecule has 14 nitrogen and oxygen atoms in total. The highest BCUT2D eigenvalue weighted by Crippen LogP contribution is 2.58. The summed E-state index contributed by atoms with van der Waals surface area (Å²) in [5.74, 6) is 1.44. The van der Waals surface area contributed by atoms with Gasteiger partial charge in [0.2, 0.25) is 6.79 Å². The van der Waals surface area contributed by atoms with Gasteiger partial charge in [-0.3, -0.25) is 9.80 Å². The number of rotatable bonds is 9. The molecule has 274 valence electrons. The van der Waals surface area contributed by atoms with E-state index < -0.39 is 36.4 Å². The second-order valence-electron chi connectivity index (χ2n) is 14.6. The van der Waals surface area contributed by atoms with E-state index in [-0.39, 0.29) is 56.3 Å². The van der Waals surface area contributed by atoms with Crippen LogP contribution in [0.3, 0.4) is 0 Å². The summed E-state index contributed by atoms with van der Waals surface area (Å²) < 4.78 is 40.1. The maximum atomic E-state index is 13.2. The van der Waals surface area contributed by atoms with Crippen molar-refractivity contribution in [2.75, 3.05) is 47.5 Å². The van der Waals surface area contributed by atoms with Crippen molar-refractivity contribution in [1.82, 2.24) is 15.1 Å². The predicted molar refractivity (Wildman–Crippen MR) is 183 cm³/mol. The van der Waals surface area contributed by atoms with Gasteiger partial charge in [0.15, 0.2) is 29.8 Å². The summed E-state index contributed by atoms with van der Waals surface area (Å²) >= 11 is 0. The van der Waals surface area contributed by atoms with Gasteiger partial charge in [-0.15, -0.1) is 0 Å². The Kier molecular flexibility index (Phi) is 10.0. The number of nitrogens with zero attached hydrogens (tertiary/aromatic N) is 3. The molecule has 1 unspecified atom stereocenters. The quantitative estimate of drug-likeness (QED) is 0.156. The third kappa shape index (κ3) is 6.50. The molecule has 2 aromatic carbocycles. The first-order chi connectivity index (χ1) is 24.3. The molecule has 51 heavy (non-hydrogen) atoms. The number of ether oxygens (including phenoxy) is 7. The molecule has 5 atom stereocenters. The summed E-state index contributed by atoms with van der Waals surface area (Å²) in [5, 5.41) is 25.2. The van der Waals surface area contributed by atoms with Crippen LogP contribution in [0.4, 0.5) is 9.59 Å². The summed E-state index contributed by atoms with van der Waals surface area (Å²) in [6.07, 6.45) is 0.710. The van der Waals surface area contributed by atoms with Crippen LogP contribution in [0.15, 0.2) is 18.7 Å². The minimum absolute atomic E-state index is 0.0100. The molecule has 2 bridgehead atoms. The third-order valence-corrected chi connectivity index (χ3v) is 9.97. The van der Waals surface area contributed by atoms with Crippen molar-refractivity contribution in [3.05, 3.63) is 52.1 Å². The number of piperazine rings is 1. The van der Waals surface area contributed by atoms with Crippen molar-refractivity contribution in [2.45, 2.75) is 77.7 Å². The molecule has 0 aliphatic carbocycles. The number of phenolic OH excluding ortho intramolecular Hbond substituents is 1. The molecule has 14 heteroatoms. The second kappa shape index (κ2) is 14.1. The number of carbonyl (C=O) groups excluding carboxylic acids is 2. The van der Waals surface area contributed by atoms with E-state index in [1.165, 1.54) is 13.2 Å². The highest BCUT2D eigenvalue weighted by molar-refractivity contribution is 5.72. The van der Waals surface area contributed by atoms with Gasteiger partial charge in [0, 0.05) is 48.0 Å². The number of aromatic hydroxyl groups is 1. The summed E-state index contributed by atoms with van der Waals surface area (Å²) in [5.41, 5.74) is 3.97. The highest BCUT2D eigenvalue weighted by Gasteiger charge is 2.57. The van der Waals surface area contributed by atoms with Crippen molar-refractivity contribution >= 4 is 12.2 Å². The molecule has 0 radical (unpaired) electrons. The number of carbonyl (C=O) groups is 2. The summed E-state index contributed by atoms with van der Waals surface area (Å²) in [7, 11) is 3.48. The van der Waals surface area contributed by atoms with E-state index in [9.17, 15) is 20.0 Å². The van der Waals surface area contributed by atoms with E-state index in [0.717, 1.165) is 11.1 Å². The van der Waals surface area contributed by atoms with Crippen LogP contribution in [0.25, 0.3) is 0 Å². The first-order valence-electron chi connectivity index (χ1n) is 17.0. The Hall–Kier alpha value is -4.71. The van der Waals surface area contributed by atoms with Crippen LogP contribution in [-0.2, 0) is 27.1 Å². The molecule has 1 fully saturated rings. The average molecular weight is 707 g/mol. The van der Waals surface area contributed by atoms with E-state index >= 15 is 0 Å². The minimum Gasteiger partial charge on any atom is -0.504 e. The number of phenols is 1. The van der Waals surface area contributed by atoms with Crippen molar-refractivity contribution in [3.63, 3.8) is 0 Å². The van der Waals surface area contributed by atoms with Crippen LogP contribution in [0.2, 0.25) is 0 Å². The maximum absolute atomic E-state index is 13.2. The number of nitrogens with one attached hydrogen (secondary N) is 1. The van der Waals surface area contributed by atoms with Gasteiger partial charge in [-0.1, -0.05) is 39.5 Å². The largest absolute Gasteiger partial charge is 0.514 e. The van der Waals surface area contributed by atoms with Crippen molar-refractivity contribution in [2.24, 2.45) is 5.41 Å². The molecule has 2 aromatic rings. The van der Waals surface area contributed by atoms with Crippen LogP contribution in [-0.4, -0.2) is 92.8 Å². The number of amides is 1. The van der Waals surface area contributed by atoms with E-state index in [1.54, 1.807) is 6.92 Å². The first-order valence-corrected chi connectivity index (χ1v) is 17.0. The molecular weight excluding hydrogens is 660 g/mol. The number of nitriles is 1. The molecular formula is C37H46N4O10. The lowest BCUT2D eigenvalue weighted by Gasteiger charge is -2.60. The Morgan fingerprint density at radius 2 is 1.88 bits per heavy atom. The Labute approximate surface area is 297 Å². The summed E-state index contributed by atoms with van der Waals surface area (Å²) in [6, 6.07) is 2.13. The van der Waals surface area contributed by atoms with Crippen molar-refractivity contribution in [3.8, 4) is 34.8 Å². The van der Waals surface area contributed by atoms with Gasteiger partial charge in [-0.2, -0.15) is 5.26 Å². The lowest BCUT2D eigenvalue weighted by atomic mass is 9.71. The topological polar surface area (TPSA) is 161 Å². The van der Waals surface area contributed by atoms with Gasteiger partial charge < -0.3 is 43.6 Å². The SMILES string of the molecule is C=CCOC(=O)Oc1c(C)c2c(c3c1CC1[C@@H]4c5c(cc(C)c(O)c5OCOC)C[C@H]([C@H](C#N)N1[C@H]3CNC(=O)OCC(C)(C)C)N4C)OCO2. The molecule has 2 N–H and O–H groups in total. The van der Waals surface area contributed by atoms with Crippen LogP contribution in [0.5, 0.6) is 28.7 Å². The number of hydrogen-bond donors (Lipinski definition) is 2. The van der Waals surface area contributed by atoms with Gasteiger partial charge in [-0.25, -0.2) is 9.59 Å². The average Bonchev–Trinajstić information content (AvgIpc) is 3.58. The minimum atomic E-state index is -0.920. The number of fused-ring (bicyclic) bond motifs is 9. The summed E-state index contributed by atoms with van der Waals surface area (Å²) in [6.45, 7) is 13.1. The van der Waals surface area contributed by atoms with E-state index in [4.69, 9.17) is 33.2 Å². The normalized spacial score (nSPS) is 23.2. The van der Waals surface area contributed by atoms with E-state index in [0.29, 0.717) is 52.3 Å². The Bertz CT molecular complexity index is 1770. The van der Waals surface area contributed by atoms with Gasteiger partial charge >= 0.3 is 12.2 Å². The molecule has 1 saturated heterocycles. The second-order valence-corrected chi connectivity index (χ2v) is 14.6. The maximum Gasteiger partial charge on any atom is 0.514 e. The Morgan fingerprint density at radius 3 is 2.57 bits per heavy atom. The van der Waals surface area contributed by atoms with Crippen LogP contribution < -0.4 is 24.3 Å². The molecule has 6 rings (SSSR count). The fourth-order valence-corrected chi connectivity index (χ4v) is 7.91. The number of aryl methyl sites for hydroxylation is 1. The lowest BCUT2D eigenvalue weighted by molar-refractivity contribution is -0.0732.